The third-order valence-electron chi connectivity index (χ3n) is 1.86. The quantitative estimate of drug-likeness (QED) is 0.332. The minimum absolute atomic E-state index is 0.581. The fourth-order valence-corrected chi connectivity index (χ4v) is 2.04. The topological polar surface area (TPSA) is 27.7 Å². The summed E-state index contributed by atoms with van der Waals surface area (Å²) in [6.45, 7) is 6.46. The van der Waals surface area contributed by atoms with Gasteiger partial charge in [-0.25, -0.2) is 0 Å². The van der Waals surface area contributed by atoms with E-state index in [0.717, 1.165) is 6.42 Å². The maximum Gasteiger partial charge on any atom is 0.241 e. The van der Waals surface area contributed by atoms with Crippen LogP contribution in [0.3, 0.4) is 0 Å². The molecule has 0 unspecified atom stereocenters. The zero-order valence-electron chi connectivity index (χ0n) is 10.1. The van der Waals surface area contributed by atoms with Crippen LogP contribution in [0.1, 0.15) is 6.42 Å². The molecule has 15 heavy (non-hydrogen) atoms. The normalized spacial score (nSPS) is 12.0. The van der Waals surface area contributed by atoms with Gasteiger partial charge in [0.25, 0.3) is 0 Å². The average molecular weight is 238 g/mol. The van der Waals surface area contributed by atoms with Gasteiger partial charge in [-0.05, 0) is 25.6 Å². The lowest BCUT2D eigenvalue weighted by Crippen LogP contribution is -2.18. The van der Waals surface area contributed by atoms with Gasteiger partial charge < -0.3 is 18.3 Å². The van der Waals surface area contributed by atoms with Crippen molar-refractivity contribution in [3.05, 3.63) is 0 Å². The lowest BCUT2D eigenvalue weighted by atomic mass is 10.5. The first-order valence-corrected chi connectivity index (χ1v) is 8.48. The van der Waals surface area contributed by atoms with Gasteiger partial charge >= 0.3 is 0 Å². The Bertz CT molecular complexity index is 139. The second-order valence-electron chi connectivity index (χ2n) is 4.04. The summed E-state index contributed by atoms with van der Waals surface area (Å²) in [5.74, 6) is 0. The molecule has 0 aromatic carbocycles. The Kier molecular flexibility index (Phi) is 9.28. The molecule has 0 bridgehead atoms. The Hall–Kier alpha value is 0.0269. The van der Waals surface area contributed by atoms with Crippen molar-refractivity contribution in [3.63, 3.8) is 0 Å². The lowest BCUT2D eigenvalue weighted by Gasteiger charge is -2.10. The van der Waals surface area contributed by atoms with Crippen LogP contribution in [0, 0.1) is 0 Å². The summed E-state index contributed by atoms with van der Waals surface area (Å²) in [6.07, 6.45) is 0.813. The number of hydrogen-bond donors (Lipinski definition) is 0. The van der Waals surface area contributed by atoms with Crippen LogP contribution >= 0.6 is 0 Å². The van der Waals surface area contributed by atoms with Gasteiger partial charge in [0.05, 0.1) is 26.4 Å². The van der Waals surface area contributed by atoms with E-state index in [-0.39, 0.29) is 0 Å². The molecule has 0 N–H and O–H groups in total. The molecule has 0 spiro atoms. The van der Waals surface area contributed by atoms with E-state index in [1.165, 1.54) is 0 Å². The highest BCUT2D eigenvalue weighted by Gasteiger charge is 2.18. The molecule has 5 heteroatoms. The Labute approximate surface area is 93.1 Å². The first-order valence-electron chi connectivity index (χ1n) is 5.39. The zero-order valence-corrected chi connectivity index (χ0v) is 11.1. The highest BCUT2D eigenvalue weighted by atomic mass is 28.4. The number of ether oxygens (including phenoxy) is 3. The monoisotopic (exact) mass is 238 g/mol. The molecule has 0 rings (SSSR count). The van der Waals surface area contributed by atoms with Crippen molar-refractivity contribution < 1.29 is 18.3 Å². The van der Waals surface area contributed by atoms with E-state index < -0.39 is 8.41 Å². The van der Waals surface area contributed by atoms with E-state index in [1.54, 1.807) is 20.2 Å². The minimum atomic E-state index is -2.37. The standard InChI is InChI=1S/C10H23FO3Si/c1-12-6-7-14-9-8-13-5-4-10-15(2,3)11/h4-10H2,1-3H3. The second-order valence-corrected chi connectivity index (χ2v) is 7.98. The van der Waals surface area contributed by atoms with Crippen molar-refractivity contribution >= 4 is 8.41 Å². The summed E-state index contributed by atoms with van der Waals surface area (Å²) in [5, 5.41) is 0. The molecular formula is C10H23FO3Si. The van der Waals surface area contributed by atoms with E-state index in [4.69, 9.17) is 14.2 Å². The van der Waals surface area contributed by atoms with Gasteiger partial charge in [0.1, 0.15) is 0 Å². The van der Waals surface area contributed by atoms with Crippen molar-refractivity contribution in [2.75, 3.05) is 40.1 Å². The molecule has 0 aromatic heterocycles. The first-order chi connectivity index (χ1) is 7.06. The van der Waals surface area contributed by atoms with Crippen LogP contribution in [0.25, 0.3) is 0 Å². The van der Waals surface area contributed by atoms with E-state index in [1.807, 2.05) is 0 Å². The third-order valence-corrected chi connectivity index (χ3v) is 3.41. The smallest absolute Gasteiger partial charge is 0.241 e. The second kappa shape index (κ2) is 9.27. The third kappa shape index (κ3) is 14.0. The molecule has 0 amide bonds. The Morgan fingerprint density at radius 3 is 2.00 bits per heavy atom. The van der Waals surface area contributed by atoms with Crippen LogP contribution in [0.5, 0.6) is 0 Å². The van der Waals surface area contributed by atoms with Crippen LogP contribution in [0.2, 0.25) is 19.1 Å². The Morgan fingerprint density at radius 1 is 0.933 bits per heavy atom. The number of hydrogen-bond acceptors (Lipinski definition) is 3. The van der Waals surface area contributed by atoms with E-state index in [0.29, 0.717) is 39.1 Å². The summed E-state index contributed by atoms with van der Waals surface area (Å²) in [4.78, 5) is 0. The number of rotatable bonds is 10. The minimum Gasteiger partial charge on any atom is -0.382 e. The highest BCUT2D eigenvalue weighted by molar-refractivity contribution is 6.70. The van der Waals surface area contributed by atoms with Crippen LogP contribution in [0.4, 0.5) is 4.11 Å². The molecule has 0 aliphatic rings. The predicted molar refractivity (Wildman–Crippen MR) is 61.5 cm³/mol. The van der Waals surface area contributed by atoms with Gasteiger partial charge in [-0.15, -0.1) is 0 Å². The molecule has 0 radical (unpaired) electrons. The number of halogens is 1. The summed E-state index contributed by atoms with van der Waals surface area (Å²) in [7, 11) is -0.730. The molecule has 0 aliphatic carbocycles. The molecule has 0 saturated carbocycles. The van der Waals surface area contributed by atoms with Gasteiger partial charge in [0, 0.05) is 13.7 Å². The SMILES string of the molecule is COCCOCCOCCC[Si](C)(C)F. The fourth-order valence-electron chi connectivity index (χ4n) is 1.06. The first kappa shape index (κ1) is 15.0. The van der Waals surface area contributed by atoms with Gasteiger partial charge in [-0.2, -0.15) is 0 Å². The summed E-state index contributed by atoms with van der Waals surface area (Å²) >= 11 is 0. The van der Waals surface area contributed by atoms with Crippen molar-refractivity contribution in [2.24, 2.45) is 0 Å². The number of methoxy groups -OCH3 is 1. The van der Waals surface area contributed by atoms with Crippen LogP contribution < -0.4 is 0 Å². The van der Waals surface area contributed by atoms with Gasteiger partial charge in [-0.3, -0.25) is 0 Å². The van der Waals surface area contributed by atoms with Crippen molar-refractivity contribution in [2.45, 2.75) is 25.6 Å². The highest BCUT2D eigenvalue weighted by Crippen LogP contribution is 2.12. The fraction of sp³-hybridized carbons (Fsp3) is 1.00. The summed E-state index contributed by atoms with van der Waals surface area (Å²) in [5.41, 5.74) is 0. The van der Waals surface area contributed by atoms with Crippen LogP contribution in [-0.4, -0.2) is 48.6 Å². The van der Waals surface area contributed by atoms with Crippen molar-refractivity contribution in [1.82, 2.24) is 0 Å². The van der Waals surface area contributed by atoms with Gasteiger partial charge in [-0.1, -0.05) is 0 Å². The Balaban J connectivity index is 2.99. The summed E-state index contributed by atoms with van der Waals surface area (Å²) in [6, 6.07) is 0.678. The molecule has 0 aliphatic heterocycles. The van der Waals surface area contributed by atoms with E-state index in [9.17, 15) is 4.11 Å². The molecule has 0 aromatic rings. The molecule has 0 fully saturated rings. The van der Waals surface area contributed by atoms with Crippen molar-refractivity contribution in [3.8, 4) is 0 Å². The molecule has 3 nitrogen and oxygen atoms in total. The van der Waals surface area contributed by atoms with Crippen LogP contribution in [-0.2, 0) is 14.2 Å². The van der Waals surface area contributed by atoms with E-state index in [2.05, 4.69) is 0 Å². The molecule has 92 valence electrons. The zero-order chi connectivity index (χ0) is 11.6. The van der Waals surface area contributed by atoms with Gasteiger partial charge in [0.2, 0.25) is 8.41 Å². The Morgan fingerprint density at radius 2 is 1.47 bits per heavy atom. The lowest BCUT2D eigenvalue weighted by molar-refractivity contribution is 0.0249. The molecule has 0 saturated heterocycles. The van der Waals surface area contributed by atoms with Crippen LogP contribution in [0.15, 0.2) is 0 Å². The predicted octanol–water partition coefficient (Wildman–Crippen LogP) is 2.23. The summed E-state index contributed by atoms with van der Waals surface area (Å²) < 4.78 is 28.5. The molecular weight excluding hydrogens is 215 g/mol. The largest absolute Gasteiger partial charge is 0.382 e. The maximum absolute atomic E-state index is 13.1. The molecule has 0 atom stereocenters. The van der Waals surface area contributed by atoms with E-state index >= 15 is 0 Å². The van der Waals surface area contributed by atoms with Gasteiger partial charge in [0.15, 0.2) is 0 Å². The van der Waals surface area contributed by atoms with Crippen molar-refractivity contribution in [1.29, 1.82) is 0 Å². The molecule has 0 heterocycles. The maximum atomic E-state index is 13.1. The average Bonchev–Trinajstić information content (AvgIpc) is 2.14.